The molecule has 0 spiro atoms. The Labute approximate surface area is 128 Å². The van der Waals surface area contributed by atoms with Crippen LogP contribution >= 0.6 is 0 Å². The lowest BCUT2D eigenvalue weighted by Gasteiger charge is -2.08. The molecule has 0 unspecified atom stereocenters. The average Bonchev–Trinajstić information content (AvgIpc) is 2.48. The lowest BCUT2D eigenvalue weighted by atomic mass is 10.2. The van der Waals surface area contributed by atoms with E-state index in [4.69, 9.17) is 5.73 Å². The van der Waals surface area contributed by atoms with Crippen LogP contribution in [0, 0.1) is 0 Å². The van der Waals surface area contributed by atoms with Crippen molar-refractivity contribution in [2.75, 3.05) is 10.6 Å². The van der Waals surface area contributed by atoms with Crippen LogP contribution in [0.25, 0.3) is 0 Å². The minimum atomic E-state index is -4.56. The maximum atomic E-state index is 12.4. The highest BCUT2D eigenvalue weighted by Gasteiger charge is 2.32. The molecular formula is C14H11F3N4O2. The second-order valence-corrected chi connectivity index (χ2v) is 4.45. The molecule has 0 saturated carbocycles. The molecule has 2 aromatic rings. The van der Waals surface area contributed by atoms with Gasteiger partial charge in [-0.3, -0.25) is 9.78 Å². The number of carbonyl (C=O) groups is 2. The zero-order valence-corrected chi connectivity index (χ0v) is 11.5. The van der Waals surface area contributed by atoms with Crippen LogP contribution in [0.5, 0.6) is 0 Å². The number of aromatic nitrogens is 1. The Hall–Kier alpha value is -3.10. The van der Waals surface area contributed by atoms with Crippen molar-refractivity contribution in [2.45, 2.75) is 6.18 Å². The van der Waals surface area contributed by atoms with E-state index in [1.165, 1.54) is 24.3 Å². The monoisotopic (exact) mass is 324 g/mol. The van der Waals surface area contributed by atoms with E-state index in [1.807, 2.05) is 0 Å². The molecule has 4 N–H and O–H groups in total. The van der Waals surface area contributed by atoms with Crippen molar-refractivity contribution >= 4 is 23.3 Å². The fraction of sp³-hybridized carbons (Fsp3) is 0.0714. The van der Waals surface area contributed by atoms with Gasteiger partial charge in [0.1, 0.15) is 5.69 Å². The number of carbonyl (C=O) groups excluding carboxylic acids is 2. The van der Waals surface area contributed by atoms with Crippen molar-refractivity contribution in [3.8, 4) is 0 Å². The number of alkyl halides is 3. The topological polar surface area (TPSA) is 97.1 Å². The van der Waals surface area contributed by atoms with E-state index >= 15 is 0 Å². The number of nitrogens with one attached hydrogen (secondary N) is 2. The van der Waals surface area contributed by atoms with E-state index < -0.39 is 23.8 Å². The second kappa shape index (κ2) is 6.34. The smallest absolute Gasteiger partial charge is 0.351 e. The van der Waals surface area contributed by atoms with E-state index in [9.17, 15) is 22.8 Å². The summed E-state index contributed by atoms with van der Waals surface area (Å²) in [5.74, 6) is -0.609. The molecule has 0 atom stereocenters. The predicted octanol–water partition coefficient (Wildman–Crippen LogP) is 2.84. The number of urea groups is 1. The van der Waals surface area contributed by atoms with E-state index in [1.54, 1.807) is 0 Å². The summed E-state index contributed by atoms with van der Waals surface area (Å²) in [4.78, 5) is 25.8. The highest BCUT2D eigenvalue weighted by molar-refractivity contribution is 6.04. The normalized spacial score (nSPS) is 10.9. The molecule has 0 aliphatic rings. The lowest BCUT2D eigenvalue weighted by molar-refractivity contribution is -0.141. The third-order valence-corrected chi connectivity index (χ3v) is 2.73. The molecule has 3 amide bonds. The molecule has 0 radical (unpaired) electrons. The van der Waals surface area contributed by atoms with E-state index in [0.29, 0.717) is 11.4 Å². The Bertz CT molecular complexity index is 712. The number of halogens is 3. The number of primary amides is 1. The van der Waals surface area contributed by atoms with Gasteiger partial charge in [0.15, 0.2) is 0 Å². The number of hydrogen-bond donors (Lipinski definition) is 3. The van der Waals surface area contributed by atoms with Gasteiger partial charge in [0.2, 0.25) is 0 Å². The fourth-order valence-electron chi connectivity index (χ4n) is 1.68. The number of rotatable bonds is 3. The maximum Gasteiger partial charge on any atom is 0.433 e. The summed E-state index contributed by atoms with van der Waals surface area (Å²) in [5, 5.41) is 4.84. The first-order chi connectivity index (χ1) is 10.8. The van der Waals surface area contributed by atoms with Crippen molar-refractivity contribution in [2.24, 2.45) is 5.73 Å². The van der Waals surface area contributed by atoms with Crippen LogP contribution < -0.4 is 16.4 Å². The maximum absolute atomic E-state index is 12.4. The summed E-state index contributed by atoms with van der Waals surface area (Å²) in [6.07, 6.45) is -3.71. The zero-order valence-electron chi connectivity index (χ0n) is 11.5. The first kappa shape index (κ1) is 16.3. The zero-order chi connectivity index (χ0) is 17.0. The van der Waals surface area contributed by atoms with Gasteiger partial charge in [-0.05, 0) is 36.4 Å². The molecule has 9 heteroatoms. The fourth-order valence-corrected chi connectivity index (χ4v) is 1.68. The van der Waals surface area contributed by atoms with E-state index in [0.717, 1.165) is 18.3 Å². The Kier molecular flexibility index (Phi) is 4.49. The first-order valence-corrected chi connectivity index (χ1v) is 6.27. The summed E-state index contributed by atoms with van der Waals surface area (Å²) in [6, 6.07) is 7.05. The number of benzene rings is 1. The van der Waals surface area contributed by atoms with Gasteiger partial charge in [-0.15, -0.1) is 0 Å². The Morgan fingerprint density at radius 2 is 1.52 bits per heavy atom. The van der Waals surface area contributed by atoms with Crippen LogP contribution in [0.2, 0.25) is 0 Å². The molecule has 1 aromatic carbocycles. The van der Waals surface area contributed by atoms with Gasteiger partial charge >= 0.3 is 12.2 Å². The third kappa shape index (κ3) is 4.43. The Morgan fingerprint density at radius 1 is 0.957 bits per heavy atom. The van der Waals surface area contributed by atoms with Crippen molar-refractivity contribution in [3.05, 3.63) is 53.9 Å². The molecule has 0 fully saturated rings. The standard InChI is InChI=1S/C14H11F3N4O2/c15-14(16,17)11-6-1-8(7-19-11)12(22)20-9-2-4-10(5-3-9)21-13(18)23/h1-7H,(H,20,22)(H3,18,21,23). The van der Waals surface area contributed by atoms with Gasteiger partial charge in [-0.2, -0.15) is 13.2 Å². The molecular weight excluding hydrogens is 313 g/mol. The number of hydrogen-bond acceptors (Lipinski definition) is 3. The SMILES string of the molecule is NC(=O)Nc1ccc(NC(=O)c2ccc(C(F)(F)F)nc2)cc1. The van der Waals surface area contributed by atoms with Crippen LogP contribution in [0.15, 0.2) is 42.6 Å². The highest BCUT2D eigenvalue weighted by Crippen LogP contribution is 2.27. The van der Waals surface area contributed by atoms with Crippen LogP contribution in [0.1, 0.15) is 16.1 Å². The summed E-state index contributed by atoms with van der Waals surface area (Å²) >= 11 is 0. The van der Waals surface area contributed by atoms with Crippen LogP contribution in [0.3, 0.4) is 0 Å². The van der Waals surface area contributed by atoms with Crippen molar-refractivity contribution < 1.29 is 22.8 Å². The summed E-state index contributed by atoms with van der Waals surface area (Å²) in [7, 11) is 0. The molecule has 0 aliphatic heterocycles. The van der Waals surface area contributed by atoms with Crippen LogP contribution in [-0.2, 0) is 6.18 Å². The predicted molar refractivity (Wildman–Crippen MR) is 76.8 cm³/mol. The van der Waals surface area contributed by atoms with Gasteiger partial charge in [-0.1, -0.05) is 0 Å². The Morgan fingerprint density at radius 3 is 1.96 bits per heavy atom. The van der Waals surface area contributed by atoms with Crippen molar-refractivity contribution in [1.82, 2.24) is 4.98 Å². The van der Waals surface area contributed by atoms with Gasteiger partial charge in [0.05, 0.1) is 5.56 Å². The minimum Gasteiger partial charge on any atom is -0.351 e. The number of pyridine rings is 1. The number of amides is 3. The molecule has 1 heterocycles. The lowest BCUT2D eigenvalue weighted by Crippen LogP contribution is -2.19. The molecule has 0 saturated heterocycles. The van der Waals surface area contributed by atoms with Crippen LogP contribution in [0.4, 0.5) is 29.3 Å². The van der Waals surface area contributed by atoms with Crippen molar-refractivity contribution in [1.29, 1.82) is 0 Å². The second-order valence-electron chi connectivity index (χ2n) is 4.45. The molecule has 0 aliphatic carbocycles. The van der Waals surface area contributed by atoms with Gasteiger partial charge in [0.25, 0.3) is 5.91 Å². The average molecular weight is 324 g/mol. The van der Waals surface area contributed by atoms with Gasteiger partial charge < -0.3 is 16.4 Å². The van der Waals surface area contributed by atoms with Crippen LogP contribution in [-0.4, -0.2) is 16.9 Å². The molecule has 120 valence electrons. The van der Waals surface area contributed by atoms with Gasteiger partial charge in [-0.25, -0.2) is 4.79 Å². The van der Waals surface area contributed by atoms with E-state index in [-0.39, 0.29) is 5.56 Å². The largest absolute Gasteiger partial charge is 0.433 e. The van der Waals surface area contributed by atoms with Gasteiger partial charge in [0, 0.05) is 17.6 Å². The minimum absolute atomic E-state index is 0.0164. The third-order valence-electron chi connectivity index (χ3n) is 2.73. The summed E-state index contributed by atoms with van der Waals surface area (Å²) in [6.45, 7) is 0. The number of anilines is 2. The van der Waals surface area contributed by atoms with Crippen molar-refractivity contribution in [3.63, 3.8) is 0 Å². The molecule has 0 bridgehead atoms. The summed E-state index contributed by atoms with van der Waals surface area (Å²) < 4.78 is 37.2. The number of nitrogens with zero attached hydrogens (tertiary/aromatic N) is 1. The molecule has 23 heavy (non-hydrogen) atoms. The molecule has 2 rings (SSSR count). The highest BCUT2D eigenvalue weighted by atomic mass is 19.4. The summed E-state index contributed by atoms with van der Waals surface area (Å²) in [5.41, 5.74) is 4.70. The number of nitrogens with two attached hydrogens (primary N) is 1. The first-order valence-electron chi connectivity index (χ1n) is 6.27. The van der Waals surface area contributed by atoms with E-state index in [2.05, 4.69) is 15.6 Å². The quantitative estimate of drug-likeness (QED) is 0.810. The Balaban J connectivity index is 2.05. The molecule has 1 aromatic heterocycles. The molecule has 6 nitrogen and oxygen atoms in total.